The molecule has 1 fully saturated rings. The molecule has 0 atom stereocenters. The molecule has 3 N–H and O–H groups in total. The Labute approximate surface area is 151 Å². The Morgan fingerprint density at radius 1 is 1.23 bits per heavy atom. The lowest BCUT2D eigenvalue weighted by Crippen LogP contribution is -2.43. The molecule has 0 aromatic heterocycles. The zero-order valence-electron chi connectivity index (χ0n) is 15.0. The van der Waals surface area contributed by atoms with Gasteiger partial charge in [0.2, 0.25) is 5.91 Å². The maximum atomic E-state index is 12.0. The number of benzene rings is 1. The maximum absolute atomic E-state index is 12.0. The van der Waals surface area contributed by atoms with E-state index in [4.69, 9.17) is 0 Å². The van der Waals surface area contributed by atoms with Crippen LogP contribution >= 0.6 is 0 Å². The second kappa shape index (κ2) is 7.81. The Morgan fingerprint density at radius 3 is 2.58 bits per heavy atom. The first kappa shape index (κ1) is 19.2. The lowest BCUT2D eigenvalue weighted by molar-refractivity contribution is -0.131. The summed E-state index contributed by atoms with van der Waals surface area (Å²) in [5.41, 5.74) is 5.47. The number of hydrazine groups is 1. The molecule has 8 nitrogen and oxygen atoms in total. The van der Waals surface area contributed by atoms with Crippen molar-refractivity contribution in [3.05, 3.63) is 41.5 Å². The van der Waals surface area contributed by atoms with Gasteiger partial charge in [0.15, 0.2) is 0 Å². The van der Waals surface area contributed by atoms with Crippen LogP contribution in [0.15, 0.2) is 30.3 Å². The molecule has 1 saturated heterocycles. The molecular formula is C18H22N4O4. The Hall–Kier alpha value is -3.16. The fourth-order valence-corrected chi connectivity index (χ4v) is 2.42. The summed E-state index contributed by atoms with van der Waals surface area (Å²) in [6.07, 6.45) is 2.82. The Balaban J connectivity index is 1.76. The molecule has 1 aliphatic rings. The van der Waals surface area contributed by atoms with Crippen molar-refractivity contribution in [1.29, 1.82) is 0 Å². The molecular weight excluding hydrogens is 336 g/mol. The molecule has 0 saturated carbocycles. The number of rotatable bonds is 5. The van der Waals surface area contributed by atoms with E-state index in [1.165, 1.54) is 6.08 Å². The van der Waals surface area contributed by atoms with Crippen LogP contribution in [0, 0.1) is 6.92 Å². The van der Waals surface area contributed by atoms with Crippen molar-refractivity contribution in [1.82, 2.24) is 21.1 Å². The van der Waals surface area contributed by atoms with Gasteiger partial charge in [-0.15, -0.1) is 0 Å². The van der Waals surface area contributed by atoms with Gasteiger partial charge in [0.25, 0.3) is 11.8 Å². The normalized spacial score (nSPS) is 15.9. The largest absolute Gasteiger partial charge is 0.325 e. The molecule has 0 aliphatic carbocycles. The van der Waals surface area contributed by atoms with Crippen molar-refractivity contribution >= 4 is 29.8 Å². The lowest BCUT2D eigenvalue weighted by Gasteiger charge is -2.15. The highest BCUT2D eigenvalue weighted by Gasteiger charge is 2.43. The van der Waals surface area contributed by atoms with E-state index in [0.29, 0.717) is 0 Å². The molecule has 5 amide bonds. The number of urea groups is 1. The molecule has 8 heteroatoms. The highest BCUT2D eigenvalue weighted by molar-refractivity contribution is 6.06. The first-order valence-corrected chi connectivity index (χ1v) is 8.17. The van der Waals surface area contributed by atoms with E-state index in [1.54, 1.807) is 19.9 Å². The van der Waals surface area contributed by atoms with Gasteiger partial charge in [-0.05, 0) is 32.4 Å². The molecule has 2 rings (SSSR count). The topological polar surface area (TPSA) is 108 Å². The first-order valence-electron chi connectivity index (χ1n) is 8.17. The number of nitrogens with one attached hydrogen (secondary N) is 3. The number of hydrogen-bond donors (Lipinski definition) is 3. The highest BCUT2D eigenvalue weighted by Crippen LogP contribution is 2.16. The molecule has 1 aliphatic heterocycles. The van der Waals surface area contributed by atoms with Gasteiger partial charge in [-0.25, -0.2) is 4.79 Å². The van der Waals surface area contributed by atoms with Crippen LogP contribution < -0.4 is 16.2 Å². The summed E-state index contributed by atoms with van der Waals surface area (Å²) in [5, 5.41) is 2.53. The molecule has 138 valence electrons. The Bertz CT molecular complexity index is 770. The summed E-state index contributed by atoms with van der Waals surface area (Å²) in [7, 11) is 0. The van der Waals surface area contributed by atoms with Gasteiger partial charge in [-0.2, -0.15) is 0 Å². The van der Waals surface area contributed by atoms with Crippen LogP contribution in [-0.4, -0.2) is 40.7 Å². The number of hydrogen-bond acceptors (Lipinski definition) is 4. The molecule has 0 radical (unpaired) electrons. The van der Waals surface area contributed by atoms with Gasteiger partial charge < -0.3 is 5.32 Å². The highest BCUT2D eigenvalue weighted by atomic mass is 16.2. The summed E-state index contributed by atoms with van der Waals surface area (Å²) < 4.78 is 0. The van der Waals surface area contributed by atoms with E-state index < -0.39 is 23.4 Å². The van der Waals surface area contributed by atoms with Crippen molar-refractivity contribution in [2.75, 3.05) is 6.54 Å². The van der Waals surface area contributed by atoms with Gasteiger partial charge in [-0.3, -0.25) is 30.1 Å². The number of aryl methyl sites for hydroxylation is 1. The van der Waals surface area contributed by atoms with E-state index in [2.05, 4.69) is 16.2 Å². The zero-order valence-corrected chi connectivity index (χ0v) is 15.0. The summed E-state index contributed by atoms with van der Waals surface area (Å²) in [6, 6.07) is 7.07. The summed E-state index contributed by atoms with van der Waals surface area (Å²) in [4.78, 5) is 48.2. The quantitative estimate of drug-likeness (QED) is 0.412. The average molecular weight is 358 g/mol. The van der Waals surface area contributed by atoms with E-state index in [-0.39, 0.29) is 18.9 Å². The second-order valence-electron chi connectivity index (χ2n) is 6.55. The second-order valence-corrected chi connectivity index (χ2v) is 6.55. The minimum atomic E-state index is -0.970. The van der Waals surface area contributed by atoms with E-state index in [9.17, 15) is 19.2 Å². The van der Waals surface area contributed by atoms with E-state index >= 15 is 0 Å². The minimum Gasteiger partial charge on any atom is -0.324 e. The van der Waals surface area contributed by atoms with Gasteiger partial charge in [-0.1, -0.05) is 29.8 Å². The molecule has 0 unspecified atom stereocenters. The minimum absolute atomic E-state index is 0.0606. The van der Waals surface area contributed by atoms with E-state index in [0.717, 1.165) is 16.0 Å². The van der Waals surface area contributed by atoms with Crippen LogP contribution in [0.4, 0.5) is 4.79 Å². The van der Waals surface area contributed by atoms with Crippen LogP contribution in [0.25, 0.3) is 6.08 Å². The number of carbonyl (C=O) groups is 4. The van der Waals surface area contributed by atoms with Crippen molar-refractivity contribution in [2.24, 2.45) is 0 Å². The van der Waals surface area contributed by atoms with Gasteiger partial charge in [0.1, 0.15) is 5.54 Å². The van der Waals surface area contributed by atoms with Crippen LogP contribution in [0.2, 0.25) is 0 Å². The molecule has 1 heterocycles. The smallest absolute Gasteiger partial charge is 0.324 e. The molecule has 1 aromatic rings. The first-order chi connectivity index (χ1) is 12.2. The van der Waals surface area contributed by atoms with E-state index in [1.807, 2.05) is 31.2 Å². The number of amides is 5. The monoisotopic (exact) mass is 358 g/mol. The molecule has 0 bridgehead atoms. The van der Waals surface area contributed by atoms with Gasteiger partial charge in [0, 0.05) is 19.0 Å². The third kappa shape index (κ3) is 4.92. The third-order valence-corrected chi connectivity index (χ3v) is 3.80. The average Bonchev–Trinajstić information content (AvgIpc) is 2.77. The molecule has 1 aromatic carbocycles. The SMILES string of the molecule is Cc1cccc(C=CC(=O)NNC(=O)CCN2C(=O)NC(C)(C)C2=O)c1. The maximum Gasteiger partial charge on any atom is 0.325 e. The summed E-state index contributed by atoms with van der Waals surface area (Å²) in [6.45, 7) is 5.07. The van der Waals surface area contributed by atoms with Gasteiger partial charge in [0.05, 0.1) is 0 Å². The molecule has 0 spiro atoms. The molecule has 26 heavy (non-hydrogen) atoms. The zero-order chi connectivity index (χ0) is 19.3. The van der Waals surface area contributed by atoms with Crippen molar-refractivity contribution < 1.29 is 19.2 Å². The summed E-state index contributed by atoms with van der Waals surface area (Å²) >= 11 is 0. The Kier molecular flexibility index (Phi) is 5.76. The number of nitrogens with zero attached hydrogens (tertiary/aromatic N) is 1. The number of carbonyl (C=O) groups excluding carboxylic acids is 4. The predicted octanol–water partition coefficient (Wildman–Crippen LogP) is 0.876. The van der Waals surface area contributed by atoms with Gasteiger partial charge >= 0.3 is 6.03 Å². The van der Waals surface area contributed by atoms with Crippen molar-refractivity contribution in [3.8, 4) is 0 Å². The van der Waals surface area contributed by atoms with Crippen LogP contribution in [0.1, 0.15) is 31.4 Å². The van der Waals surface area contributed by atoms with Crippen LogP contribution in [-0.2, 0) is 14.4 Å². The fourth-order valence-electron chi connectivity index (χ4n) is 2.42. The van der Waals surface area contributed by atoms with Crippen molar-refractivity contribution in [2.45, 2.75) is 32.7 Å². The van der Waals surface area contributed by atoms with Crippen molar-refractivity contribution in [3.63, 3.8) is 0 Å². The van der Waals surface area contributed by atoms with Crippen LogP contribution in [0.3, 0.4) is 0 Å². The fraction of sp³-hybridized carbons (Fsp3) is 0.333. The predicted molar refractivity (Wildman–Crippen MR) is 95.4 cm³/mol. The standard InChI is InChI=1S/C18H22N4O4/c1-12-5-4-6-13(11-12)7-8-14(23)20-21-15(24)9-10-22-16(25)18(2,3)19-17(22)26/h4-8,11H,9-10H2,1-3H3,(H,19,26)(H,20,23)(H,21,24). The lowest BCUT2D eigenvalue weighted by atomic mass is 10.1. The Morgan fingerprint density at radius 2 is 1.96 bits per heavy atom. The number of imide groups is 1. The summed E-state index contributed by atoms with van der Waals surface area (Å²) in [5.74, 6) is -1.39. The van der Waals surface area contributed by atoms with Crippen LogP contribution in [0.5, 0.6) is 0 Å². The third-order valence-electron chi connectivity index (χ3n) is 3.80.